The SMILES string of the molecule is CCc1noc(C2(N)CCOC2)n1. The van der Waals surface area contributed by atoms with Crippen LogP contribution in [0.15, 0.2) is 4.52 Å². The molecule has 0 saturated carbocycles. The van der Waals surface area contributed by atoms with Gasteiger partial charge < -0.3 is 15.0 Å². The summed E-state index contributed by atoms with van der Waals surface area (Å²) >= 11 is 0. The molecule has 5 nitrogen and oxygen atoms in total. The molecular formula is C8H13N3O2. The van der Waals surface area contributed by atoms with Gasteiger partial charge in [-0.3, -0.25) is 0 Å². The lowest BCUT2D eigenvalue weighted by Gasteiger charge is -2.14. The van der Waals surface area contributed by atoms with Gasteiger partial charge in [-0.05, 0) is 6.42 Å². The highest BCUT2D eigenvalue weighted by atomic mass is 16.5. The van der Waals surface area contributed by atoms with E-state index in [4.69, 9.17) is 15.0 Å². The first-order valence-electron chi connectivity index (χ1n) is 4.44. The molecule has 2 heterocycles. The molecule has 2 N–H and O–H groups in total. The third-order valence-electron chi connectivity index (χ3n) is 2.26. The van der Waals surface area contributed by atoms with Gasteiger partial charge in [-0.15, -0.1) is 0 Å². The van der Waals surface area contributed by atoms with Crippen LogP contribution >= 0.6 is 0 Å². The van der Waals surface area contributed by atoms with E-state index in [1.54, 1.807) is 0 Å². The summed E-state index contributed by atoms with van der Waals surface area (Å²) in [7, 11) is 0. The number of ether oxygens (including phenoxy) is 1. The fraction of sp³-hybridized carbons (Fsp3) is 0.750. The first-order valence-corrected chi connectivity index (χ1v) is 4.44. The molecule has 1 fully saturated rings. The maximum absolute atomic E-state index is 6.03. The Labute approximate surface area is 76.3 Å². The summed E-state index contributed by atoms with van der Waals surface area (Å²) in [5.74, 6) is 1.20. The molecule has 0 aliphatic carbocycles. The fourth-order valence-electron chi connectivity index (χ4n) is 1.35. The van der Waals surface area contributed by atoms with Gasteiger partial charge >= 0.3 is 0 Å². The van der Waals surface area contributed by atoms with Gasteiger partial charge in [0.1, 0.15) is 5.54 Å². The van der Waals surface area contributed by atoms with Crippen LogP contribution in [-0.4, -0.2) is 23.4 Å². The fourth-order valence-corrected chi connectivity index (χ4v) is 1.35. The van der Waals surface area contributed by atoms with Crippen molar-refractivity contribution in [3.05, 3.63) is 11.7 Å². The second kappa shape index (κ2) is 3.08. The van der Waals surface area contributed by atoms with Crippen LogP contribution in [0.5, 0.6) is 0 Å². The summed E-state index contributed by atoms with van der Waals surface area (Å²) in [6, 6.07) is 0. The summed E-state index contributed by atoms with van der Waals surface area (Å²) in [5.41, 5.74) is 5.47. The Hall–Kier alpha value is -0.940. The molecule has 0 spiro atoms. The molecule has 0 aromatic carbocycles. The van der Waals surface area contributed by atoms with Gasteiger partial charge in [0, 0.05) is 13.0 Å². The molecule has 1 aromatic rings. The number of nitrogens with zero attached hydrogens (tertiary/aromatic N) is 2. The maximum Gasteiger partial charge on any atom is 0.249 e. The van der Waals surface area contributed by atoms with Crippen LogP contribution < -0.4 is 5.73 Å². The lowest BCUT2D eigenvalue weighted by molar-refractivity contribution is 0.166. The highest BCUT2D eigenvalue weighted by molar-refractivity contribution is 5.04. The lowest BCUT2D eigenvalue weighted by atomic mass is 10.0. The average Bonchev–Trinajstić information content (AvgIpc) is 2.72. The highest BCUT2D eigenvalue weighted by Crippen LogP contribution is 2.25. The molecule has 1 unspecified atom stereocenters. The molecule has 72 valence electrons. The van der Waals surface area contributed by atoms with Gasteiger partial charge in [-0.2, -0.15) is 4.98 Å². The monoisotopic (exact) mass is 183 g/mol. The smallest absolute Gasteiger partial charge is 0.249 e. The normalized spacial score (nSPS) is 28.2. The van der Waals surface area contributed by atoms with Crippen LogP contribution in [0, 0.1) is 0 Å². The Morgan fingerprint density at radius 3 is 3.00 bits per heavy atom. The van der Waals surface area contributed by atoms with Crippen molar-refractivity contribution in [1.29, 1.82) is 0 Å². The van der Waals surface area contributed by atoms with Gasteiger partial charge in [0.05, 0.1) is 6.61 Å². The number of nitrogens with two attached hydrogens (primary N) is 1. The largest absolute Gasteiger partial charge is 0.379 e. The van der Waals surface area contributed by atoms with Gasteiger partial charge in [-0.1, -0.05) is 12.1 Å². The molecule has 1 saturated heterocycles. The van der Waals surface area contributed by atoms with E-state index in [1.807, 2.05) is 6.92 Å². The summed E-state index contributed by atoms with van der Waals surface area (Å²) in [6.45, 7) is 3.11. The van der Waals surface area contributed by atoms with Crippen molar-refractivity contribution in [2.24, 2.45) is 5.73 Å². The number of aryl methyl sites for hydroxylation is 1. The van der Waals surface area contributed by atoms with Crippen LogP contribution in [0.25, 0.3) is 0 Å². The Morgan fingerprint density at radius 2 is 2.46 bits per heavy atom. The molecule has 13 heavy (non-hydrogen) atoms. The van der Waals surface area contributed by atoms with Crippen molar-refractivity contribution < 1.29 is 9.26 Å². The van der Waals surface area contributed by atoms with Gasteiger partial charge in [0.25, 0.3) is 0 Å². The van der Waals surface area contributed by atoms with Crippen molar-refractivity contribution in [2.75, 3.05) is 13.2 Å². The van der Waals surface area contributed by atoms with Crippen LogP contribution in [0.1, 0.15) is 25.1 Å². The van der Waals surface area contributed by atoms with E-state index in [0.29, 0.717) is 24.9 Å². The standard InChI is InChI=1S/C8H13N3O2/c1-2-6-10-7(13-11-6)8(9)3-4-12-5-8/h2-5,9H2,1H3. The number of hydrogen-bond donors (Lipinski definition) is 1. The summed E-state index contributed by atoms with van der Waals surface area (Å²) in [6.07, 6.45) is 1.51. The molecule has 1 aromatic heterocycles. The van der Waals surface area contributed by atoms with Crippen molar-refractivity contribution in [2.45, 2.75) is 25.3 Å². The third-order valence-corrected chi connectivity index (χ3v) is 2.26. The van der Waals surface area contributed by atoms with Crippen LogP contribution in [-0.2, 0) is 16.7 Å². The first-order chi connectivity index (χ1) is 6.24. The predicted molar refractivity (Wildman–Crippen MR) is 45.0 cm³/mol. The second-order valence-electron chi connectivity index (χ2n) is 3.33. The molecule has 5 heteroatoms. The number of hydrogen-bond acceptors (Lipinski definition) is 5. The van der Waals surface area contributed by atoms with Gasteiger partial charge in [0.2, 0.25) is 5.89 Å². The molecule has 1 aliphatic rings. The van der Waals surface area contributed by atoms with Crippen LogP contribution in [0.4, 0.5) is 0 Å². The molecule has 1 aliphatic heterocycles. The Kier molecular flexibility index (Phi) is 2.05. The topological polar surface area (TPSA) is 74.2 Å². The minimum atomic E-state index is -0.555. The molecular weight excluding hydrogens is 170 g/mol. The molecule has 0 bridgehead atoms. The average molecular weight is 183 g/mol. The van der Waals surface area contributed by atoms with E-state index in [0.717, 1.165) is 12.8 Å². The maximum atomic E-state index is 6.03. The van der Waals surface area contributed by atoms with Crippen LogP contribution in [0.3, 0.4) is 0 Å². The van der Waals surface area contributed by atoms with E-state index in [1.165, 1.54) is 0 Å². The zero-order valence-corrected chi connectivity index (χ0v) is 7.62. The number of rotatable bonds is 2. The highest BCUT2D eigenvalue weighted by Gasteiger charge is 2.37. The van der Waals surface area contributed by atoms with Gasteiger partial charge in [-0.25, -0.2) is 0 Å². The van der Waals surface area contributed by atoms with E-state index in [9.17, 15) is 0 Å². The van der Waals surface area contributed by atoms with Crippen molar-refractivity contribution in [3.63, 3.8) is 0 Å². The zero-order chi connectivity index (χ0) is 9.31. The molecule has 0 amide bonds. The van der Waals surface area contributed by atoms with Gasteiger partial charge in [0.15, 0.2) is 5.82 Å². The Bertz CT molecular complexity index is 291. The molecule has 1 atom stereocenters. The Balaban J connectivity index is 2.23. The van der Waals surface area contributed by atoms with E-state index < -0.39 is 5.54 Å². The first kappa shape index (κ1) is 8.65. The third kappa shape index (κ3) is 1.45. The quantitative estimate of drug-likeness (QED) is 0.709. The Morgan fingerprint density at radius 1 is 1.62 bits per heavy atom. The minimum absolute atomic E-state index is 0.471. The predicted octanol–water partition coefficient (Wildman–Crippen LogP) is 0.206. The number of aromatic nitrogens is 2. The second-order valence-corrected chi connectivity index (χ2v) is 3.33. The van der Waals surface area contributed by atoms with E-state index in [-0.39, 0.29) is 0 Å². The van der Waals surface area contributed by atoms with Crippen molar-refractivity contribution in [3.8, 4) is 0 Å². The summed E-state index contributed by atoms with van der Waals surface area (Å²) < 4.78 is 10.3. The summed E-state index contributed by atoms with van der Waals surface area (Å²) in [5, 5.41) is 3.80. The lowest BCUT2D eigenvalue weighted by Crippen LogP contribution is -2.37. The minimum Gasteiger partial charge on any atom is -0.379 e. The molecule has 0 radical (unpaired) electrons. The van der Waals surface area contributed by atoms with E-state index in [2.05, 4.69) is 10.1 Å². The van der Waals surface area contributed by atoms with Crippen molar-refractivity contribution in [1.82, 2.24) is 10.1 Å². The van der Waals surface area contributed by atoms with Crippen molar-refractivity contribution >= 4 is 0 Å². The van der Waals surface area contributed by atoms with E-state index >= 15 is 0 Å². The van der Waals surface area contributed by atoms with Crippen LogP contribution in [0.2, 0.25) is 0 Å². The summed E-state index contributed by atoms with van der Waals surface area (Å²) in [4.78, 5) is 4.20. The molecule has 2 rings (SSSR count). The zero-order valence-electron chi connectivity index (χ0n) is 7.62.